The van der Waals surface area contributed by atoms with E-state index in [1.54, 1.807) is 23.5 Å². The standard InChI is InChI=1S/C18H20ClNO3S2/c1-2-16-15-8-11-24-17(15)7-10-20(16)18(21)9-12-25(22,23)14-5-3-13(19)4-6-14/h3-6,8,11,16H,2,7,9-10,12H2,1H3. The van der Waals surface area contributed by atoms with Crippen molar-refractivity contribution in [3.63, 3.8) is 0 Å². The zero-order chi connectivity index (χ0) is 18.0. The maximum atomic E-state index is 12.7. The molecule has 1 aromatic carbocycles. The van der Waals surface area contributed by atoms with Gasteiger partial charge in [-0.1, -0.05) is 18.5 Å². The van der Waals surface area contributed by atoms with Crippen LogP contribution in [0.5, 0.6) is 0 Å². The number of hydrogen-bond acceptors (Lipinski definition) is 4. The maximum absolute atomic E-state index is 12.7. The van der Waals surface area contributed by atoms with E-state index in [1.165, 1.54) is 22.6 Å². The van der Waals surface area contributed by atoms with Crippen molar-refractivity contribution in [3.8, 4) is 0 Å². The molecule has 1 atom stereocenters. The van der Waals surface area contributed by atoms with Gasteiger partial charge in [-0.2, -0.15) is 0 Å². The van der Waals surface area contributed by atoms with Crippen LogP contribution in [0.25, 0.3) is 0 Å². The Kier molecular flexibility index (Phi) is 5.51. The Morgan fingerprint density at radius 3 is 2.68 bits per heavy atom. The van der Waals surface area contributed by atoms with Crippen molar-refractivity contribution in [2.75, 3.05) is 12.3 Å². The van der Waals surface area contributed by atoms with Gasteiger partial charge >= 0.3 is 0 Å². The smallest absolute Gasteiger partial charge is 0.224 e. The minimum Gasteiger partial charge on any atom is -0.335 e. The van der Waals surface area contributed by atoms with Crippen molar-refractivity contribution in [1.82, 2.24) is 4.90 Å². The number of thiophene rings is 1. The van der Waals surface area contributed by atoms with Gasteiger partial charge in [0.1, 0.15) is 0 Å². The van der Waals surface area contributed by atoms with Gasteiger partial charge in [0.05, 0.1) is 16.7 Å². The van der Waals surface area contributed by atoms with Crippen LogP contribution in [0.4, 0.5) is 0 Å². The van der Waals surface area contributed by atoms with Gasteiger partial charge in [-0.25, -0.2) is 8.42 Å². The van der Waals surface area contributed by atoms with Gasteiger partial charge in [0.15, 0.2) is 9.84 Å². The molecule has 0 fully saturated rings. The van der Waals surface area contributed by atoms with Crippen LogP contribution in [0, 0.1) is 0 Å². The number of sulfone groups is 1. The molecule has 2 aromatic rings. The summed E-state index contributed by atoms with van der Waals surface area (Å²) in [6, 6.07) is 8.20. The summed E-state index contributed by atoms with van der Waals surface area (Å²) in [6.07, 6.45) is 1.68. The molecule has 0 spiro atoms. The second-order valence-corrected chi connectivity index (χ2v) is 9.63. The van der Waals surface area contributed by atoms with Crippen molar-refractivity contribution >= 4 is 38.7 Å². The zero-order valence-corrected chi connectivity index (χ0v) is 16.3. The van der Waals surface area contributed by atoms with Crippen LogP contribution in [0.3, 0.4) is 0 Å². The Hall–Kier alpha value is -1.37. The molecule has 134 valence electrons. The summed E-state index contributed by atoms with van der Waals surface area (Å²) in [4.78, 5) is 16.1. The van der Waals surface area contributed by atoms with E-state index in [0.717, 1.165) is 12.8 Å². The lowest BCUT2D eigenvalue weighted by Gasteiger charge is -2.35. The zero-order valence-electron chi connectivity index (χ0n) is 13.9. The van der Waals surface area contributed by atoms with E-state index >= 15 is 0 Å². The van der Waals surface area contributed by atoms with Gasteiger partial charge in [0.2, 0.25) is 5.91 Å². The molecule has 1 aromatic heterocycles. The molecule has 7 heteroatoms. The maximum Gasteiger partial charge on any atom is 0.224 e. The third kappa shape index (κ3) is 3.91. The summed E-state index contributed by atoms with van der Waals surface area (Å²) in [7, 11) is -3.49. The van der Waals surface area contributed by atoms with Gasteiger partial charge in [-0.3, -0.25) is 4.79 Å². The topological polar surface area (TPSA) is 54.5 Å². The first kappa shape index (κ1) is 18.4. The minimum atomic E-state index is -3.49. The first-order valence-electron chi connectivity index (χ1n) is 8.26. The SMILES string of the molecule is CCC1c2ccsc2CCN1C(=O)CCS(=O)(=O)c1ccc(Cl)cc1. The van der Waals surface area contributed by atoms with Crippen LogP contribution < -0.4 is 0 Å². The molecule has 4 nitrogen and oxygen atoms in total. The van der Waals surface area contributed by atoms with E-state index in [-0.39, 0.29) is 29.0 Å². The van der Waals surface area contributed by atoms with Crippen molar-refractivity contribution in [2.45, 2.75) is 37.1 Å². The number of fused-ring (bicyclic) bond motifs is 1. The molecular formula is C18H20ClNO3S2. The lowest BCUT2D eigenvalue weighted by atomic mass is 9.97. The van der Waals surface area contributed by atoms with E-state index in [2.05, 4.69) is 18.4 Å². The van der Waals surface area contributed by atoms with E-state index in [9.17, 15) is 13.2 Å². The number of hydrogen-bond donors (Lipinski definition) is 0. The fraction of sp³-hybridized carbons (Fsp3) is 0.389. The highest BCUT2D eigenvalue weighted by atomic mass is 35.5. The summed E-state index contributed by atoms with van der Waals surface area (Å²) in [5, 5.41) is 2.55. The number of rotatable bonds is 5. The predicted molar refractivity (Wildman–Crippen MR) is 101 cm³/mol. The van der Waals surface area contributed by atoms with Gasteiger partial charge < -0.3 is 4.90 Å². The molecule has 0 saturated carbocycles. The van der Waals surface area contributed by atoms with Crippen molar-refractivity contribution < 1.29 is 13.2 Å². The number of benzene rings is 1. The van der Waals surface area contributed by atoms with Gasteiger partial charge in [-0.15, -0.1) is 11.3 Å². The monoisotopic (exact) mass is 397 g/mol. The number of carbonyl (C=O) groups excluding carboxylic acids is 1. The summed E-state index contributed by atoms with van der Waals surface area (Å²) >= 11 is 7.53. The molecular weight excluding hydrogens is 378 g/mol. The average Bonchev–Trinajstić information content (AvgIpc) is 3.08. The summed E-state index contributed by atoms with van der Waals surface area (Å²) in [6.45, 7) is 2.72. The highest BCUT2D eigenvalue weighted by Crippen LogP contribution is 2.35. The van der Waals surface area contributed by atoms with Gasteiger partial charge in [0.25, 0.3) is 0 Å². The quantitative estimate of drug-likeness (QED) is 0.763. The Morgan fingerprint density at radius 1 is 1.28 bits per heavy atom. The minimum absolute atomic E-state index is 0.000923. The number of amides is 1. The lowest BCUT2D eigenvalue weighted by molar-refractivity contribution is -0.133. The van der Waals surface area contributed by atoms with E-state index in [1.807, 2.05) is 4.90 Å². The Morgan fingerprint density at radius 2 is 2.00 bits per heavy atom. The average molecular weight is 398 g/mol. The first-order valence-corrected chi connectivity index (χ1v) is 11.2. The fourth-order valence-corrected chi connectivity index (χ4v) is 5.54. The van der Waals surface area contributed by atoms with Crippen LogP contribution in [0.15, 0.2) is 40.6 Å². The van der Waals surface area contributed by atoms with E-state index in [0.29, 0.717) is 11.6 Å². The third-order valence-corrected chi connectivity index (χ3v) is 7.54. The van der Waals surface area contributed by atoms with Crippen molar-refractivity contribution in [2.24, 2.45) is 0 Å². The van der Waals surface area contributed by atoms with Gasteiger partial charge in [0, 0.05) is 22.9 Å². The van der Waals surface area contributed by atoms with E-state index < -0.39 is 9.84 Å². The lowest BCUT2D eigenvalue weighted by Crippen LogP contribution is -2.39. The highest BCUT2D eigenvalue weighted by molar-refractivity contribution is 7.91. The molecule has 3 rings (SSSR count). The largest absolute Gasteiger partial charge is 0.335 e. The molecule has 25 heavy (non-hydrogen) atoms. The molecule has 1 amide bonds. The summed E-state index contributed by atoms with van der Waals surface area (Å²) in [5.74, 6) is -0.280. The normalized spacial score (nSPS) is 17.4. The highest BCUT2D eigenvalue weighted by Gasteiger charge is 2.30. The third-order valence-electron chi connectivity index (χ3n) is 4.56. The van der Waals surface area contributed by atoms with Crippen LogP contribution in [-0.4, -0.2) is 31.5 Å². The van der Waals surface area contributed by atoms with Gasteiger partial charge in [-0.05, 0) is 54.1 Å². The first-order chi connectivity index (χ1) is 11.9. The van der Waals surface area contributed by atoms with Crippen LogP contribution in [0.1, 0.15) is 36.2 Å². The molecule has 1 unspecified atom stereocenters. The summed E-state index contributed by atoms with van der Waals surface area (Å²) in [5.41, 5.74) is 1.22. The molecule has 1 aliphatic heterocycles. The molecule has 0 N–H and O–H groups in total. The van der Waals surface area contributed by atoms with E-state index in [4.69, 9.17) is 11.6 Å². The molecule has 2 heterocycles. The molecule has 0 saturated heterocycles. The number of nitrogens with zero attached hydrogens (tertiary/aromatic N) is 1. The van der Waals surface area contributed by atoms with Crippen molar-refractivity contribution in [3.05, 3.63) is 51.2 Å². The predicted octanol–water partition coefficient (Wildman–Crippen LogP) is 4.10. The molecule has 0 aliphatic carbocycles. The Labute approximate surface area is 157 Å². The molecule has 0 radical (unpaired) electrons. The van der Waals surface area contributed by atoms with Crippen LogP contribution in [0.2, 0.25) is 5.02 Å². The molecule has 1 aliphatic rings. The van der Waals surface area contributed by atoms with Crippen molar-refractivity contribution in [1.29, 1.82) is 0 Å². The fourth-order valence-electron chi connectivity index (χ4n) is 3.26. The second-order valence-electron chi connectivity index (χ2n) is 6.08. The van der Waals surface area contributed by atoms with Crippen LogP contribution in [-0.2, 0) is 21.1 Å². The number of halogens is 1. The van der Waals surface area contributed by atoms with Crippen LogP contribution >= 0.6 is 22.9 Å². The second kappa shape index (κ2) is 7.48. The summed E-state index contributed by atoms with van der Waals surface area (Å²) < 4.78 is 24.9. The Bertz CT molecular complexity index is 859. The molecule has 0 bridgehead atoms. The Balaban J connectivity index is 1.69. The number of carbonyl (C=O) groups is 1.